The van der Waals surface area contributed by atoms with Gasteiger partial charge in [0.1, 0.15) is 5.75 Å². The lowest BCUT2D eigenvalue weighted by Gasteiger charge is -2.14. The first kappa shape index (κ1) is 13.9. The van der Waals surface area contributed by atoms with Crippen LogP contribution in [-0.2, 0) is 6.42 Å². The fraction of sp³-hybridized carbons (Fsp3) is 0.375. The van der Waals surface area contributed by atoms with Gasteiger partial charge in [-0.2, -0.15) is 0 Å². The summed E-state index contributed by atoms with van der Waals surface area (Å²) in [4.78, 5) is 2.81. The molecule has 0 aliphatic carbocycles. The van der Waals surface area contributed by atoms with Crippen molar-refractivity contribution in [1.29, 1.82) is 0 Å². The molecule has 0 aliphatic heterocycles. The predicted molar refractivity (Wildman–Crippen MR) is 83.3 cm³/mol. The van der Waals surface area contributed by atoms with Gasteiger partial charge in [0.2, 0.25) is 0 Å². The maximum absolute atomic E-state index is 5.52. The number of benzene rings is 1. The van der Waals surface area contributed by atoms with Crippen LogP contribution >= 0.6 is 11.3 Å². The Bertz CT molecular complexity index is 521. The third kappa shape index (κ3) is 3.74. The van der Waals surface area contributed by atoms with Gasteiger partial charge in [-0.15, -0.1) is 11.3 Å². The second-order valence-corrected chi connectivity index (χ2v) is 5.68. The van der Waals surface area contributed by atoms with Crippen LogP contribution in [0.4, 0.5) is 5.69 Å². The molecule has 0 amide bonds. The number of thiophene rings is 1. The molecule has 0 saturated heterocycles. The smallest absolute Gasteiger partial charge is 0.121 e. The van der Waals surface area contributed by atoms with E-state index in [1.165, 1.54) is 9.75 Å². The van der Waals surface area contributed by atoms with Crippen LogP contribution in [-0.4, -0.2) is 6.61 Å². The van der Waals surface area contributed by atoms with E-state index in [9.17, 15) is 0 Å². The van der Waals surface area contributed by atoms with Crippen LogP contribution in [0.2, 0.25) is 0 Å². The highest BCUT2D eigenvalue weighted by Crippen LogP contribution is 2.27. The van der Waals surface area contributed by atoms with E-state index in [4.69, 9.17) is 4.74 Å². The number of aryl methyl sites for hydroxylation is 1. The normalized spacial score (nSPS) is 12.2. The van der Waals surface area contributed by atoms with Crippen molar-refractivity contribution >= 4 is 17.0 Å². The summed E-state index contributed by atoms with van der Waals surface area (Å²) >= 11 is 1.88. The lowest BCUT2D eigenvalue weighted by molar-refractivity contribution is 0.340. The highest BCUT2D eigenvalue weighted by atomic mass is 32.1. The molecular formula is C16H21NOS. The minimum Gasteiger partial charge on any atom is -0.494 e. The van der Waals surface area contributed by atoms with Gasteiger partial charge in [-0.05, 0) is 44.5 Å². The molecule has 1 heterocycles. The third-order valence-electron chi connectivity index (χ3n) is 2.99. The minimum absolute atomic E-state index is 0.321. The molecule has 3 heteroatoms. The van der Waals surface area contributed by atoms with Gasteiger partial charge in [0, 0.05) is 21.5 Å². The Morgan fingerprint density at radius 1 is 1.21 bits per heavy atom. The Morgan fingerprint density at radius 3 is 2.74 bits per heavy atom. The maximum atomic E-state index is 5.52. The Balaban J connectivity index is 2.05. The monoisotopic (exact) mass is 275 g/mol. The number of nitrogens with one attached hydrogen (secondary N) is 1. The molecule has 2 aromatic rings. The van der Waals surface area contributed by atoms with Crippen molar-refractivity contribution in [2.45, 2.75) is 33.2 Å². The fourth-order valence-electron chi connectivity index (χ4n) is 1.98. The lowest BCUT2D eigenvalue weighted by Crippen LogP contribution is -2.04. The Hall–Kier alpha value is -1.48. The first-order valence-corrected chi connectivity index (χ1v) is 7.62. The molecule has 0 saturated carbocycles. The predicted octanol–water partition coefficient (Wildman–Crippen LogP) is 4.88. The SMILES string of the molecule is CCOc1cccc(NC(C)c2ccc(CC)s2)c1. The molecule has 0 spiro atoms. The summed E-state index contributed by atoms with van der Waals surface area (Å²) in [6.07, 6.45) is 1.11. The lowest BCUT2D eigenvalue weighted by atomic mass is 10.2. The molecule has 0 radical (unpaired) electrons. The Morgan fingerprint density at radius 2 is 2.05 bits per heavy atom. The van der Waals surface area contributed by atoms with E-state index < -0.39 is 0 Å². The molecule has 1 N–H and O–H groups in total. The summed E-state index contributed by atoms with van der Waals surface area (Å²) in [7, 11) is 0. The number of anilines is 1. The van der Waals surface area contributed by atoms with Gasteiger partial charge in [-0.3, -0.25) is 0 Å². The van der Waals surface area contributed by atoms with Crippen molar-refractivity contribution in [2.24, 2.45) is 0 Å². The van der Waals surface area contributed by atoms with Gasteiger partial charge in [0.05, 0.1) is 12.6 Å². The fourth-order valence-corrected chi connectivity index (χ4v) is 2.94. The van der Waals surface area contributed by atoms with Gasteiger partial charge in [-0.1, -0.05) is 13.0 Å². The average Bonchev–Trinajstić information content (AvgIpc) is 2.88. The van der Waals surface area contributed by atoms with Crippen molar-refractivity contribution < 1.29 is 4.74 Å². The van der Waals surface area contributed by atoms with E-state index in [0.717, 1.165) is 17.9 Å². The summed E-state index contributed by atoms with van der Waals surface area (Å²) in [6, 6.07) is 12.9. The summed E-state index contributed by atoms with van der Waals surface area (Å²) in [5.41, 5.74) is 1.10. The number of rotatable bonds is 6. The van der Waals surface area contributed by atoms with E-state index >= 15 is 0 Å². The van der Waals surface area contributed by atoms with Crippen LogP contribution in [0.5, 0.6) is 5.75 Å². The van der Waals surface area contributed by atoms with Gasteiger partial charge in [0.25, 0.3) is 0 Å². The first-order chi connectivity index (χ1) is 9.22. The van der Waals surface area contributed by atoms with E-state index in [0.29, 0.717) is 12.6 Å². The highest BCUT2D eigenvalue weighted by molar-refractivity contribution is 7.12. The van der Waals surface area contributed by atoms with Crippen LogP contribution < -0.4 is 10.1 Å². The molecule has 0 bridgehead atoms. The van der Waals surface area contributed by atoms with Gasteiger partial charge in [-0.25, -0.2) is 0 Å². The molecule has 1 unspecified atom stereocenters. The first-order valence-electron chi connectivity index (χ1n) is 6.81. The highest BCUT2D eigenvalue weighted by Gasteiger charge is 2.08. The number of ether oxygens (including phenoxy) is 1. The molecule has 1 atom stereocenters. The molecule has 102 valence electrons. The van der Waals surface area contributed by atoms with E-state index in [1.54, 1.807) is 0 Å². The average molecular weight is 275 g/mol. The van der Waals surface area contributed by atoms with E-state index in [-0.39, 0.29) is 0 Å². The molecule has 19 heavy (non-hydrogen) atoms. The molecular weight excluding hydrogens is 254 g/mol. The van der Waals surface area contributed by atoms with Crippen molar-refractivity contribution in [3.63, 3.8) is 0 Å². The summed E-state index contributed by atoms with van der Waals surface area (Å²) in [6.45, 7) is 7.09. The Labute approximate surface area is 119 Å². The zero-order valence-electron chi connectivity index (χ0n) is 11.8. The number of hydrogen-bond acceptors (Lipinski definition) is 3. The summed E-state index contributed by atoms with van der Waals surface area (Å²) in [5.74, 6) is 0.917. The van der Waals surface area contributed by atoms with Crippen LogP contribution in [0, 0.1) is 0 Å². The topological polar surface area (TPSA) is 21.3 Å². The molecule has 2 nitrogen and oxygen atoms in total. The van der Waals surface area contributed by atoms with Gasteiger partial charge >= 0.3 is 0 Å². The quantitative estimate of drug-likeness (QED) is 0.811. The van der Waals surface area contributed by atoms with Crippen LogP contribution in [0.1, 0.15) is 36.6 Å². The maximum Gasteiger partial charge on any atom is 0.121 e. The summed E-state index contributed by atoms with van der Waals surface area (Å²) < 4.78 is 5.52. The Kier molecular flexibility index (Phi) is 4.86. The van der Waals surface area contributed by atoms with E-state index in [2.05, 4.69) is 37.4 Å². The van der Waals surface area contributed by atoms with Crippen molar-refractivity contribution in [3.05, 3.63) is 46.2 Å². The van der Waals surface area contributed by atoms with Crippen LogP contribution in [0.15, 0.2) is 36.4 Å². The number of hydrogen-bond donors (Lipinski definition) is 1. The molecule has 0 fully saturated rings. The van der Waals surface area contributed by atoms with Gasteiger partial charge in [0.15, 0.2) is 0 Å². The van der Waals surface area contributed by atoms with E-state index in [1.807, 2.05) is 36.5 Å². The zero-order valence-corrected chi connectivity index (χ0v) is 12.6. The molecule has 2 rings (SSSR count). The van der Waals surface area contributed by atoms with Crippen molar-refractivity contribution in [1.82, 2.24) is 0 Å². The standard InChI is InChI=1S/C16H21NOS/c1-4-15-9-10-16(19-15)12(3)17-13-7-6-8-14(11-13)18-5-2/h6-12,17H,4-5H2,1-3H3. The molecule has 1 aromatic carbocycles. The summed E-state index contributed by atoms with van der Waals surface area (Å²) in [5, 5.41) is 3.52. The van der Waals surface area contributed by atoms with Crippen LogP contribution in [0.25, 0.3) is 0 Å². The second-order valence-electron chi connectivity index (χ2n) is 4.48. The largest absolute Gasteiger partial charge is 0.494 e. The minimum atomic E-state index is 0.321. The molecule has 1 aromatic heterocycles. The van der Waals surface area contributed by atoms with Crippen molar-refractivity contribution in [3.8, 4) is 5.75 Å². The molecule has 0 aliphatic rings. The van der Waals surface area contributed by atoms with Gasteiger partial charge < -0.3 is 10.1 Å². The van der Waals surface area contributed by atoms with Crippen molar-refractivity contribution in [2.75, 3.05) is 11.9 Å². The van der Waals surface area contributed by atoms with Crippen LogP contribution in [0.3, 0.4) is 0 Å². The third-order valence-corrected chi connectivity index (χ3v) is 4.40. The zero-order chi connectivity index (χ0) is 13.7. The second kappa shape index (κ2) is 6.62.